The zero-order valence-corrected chi connectivity index (χ0v) is 19.7. The van der Waals surface area contributed by atoms with Crippen LogP contribution in [0.3, 0.4) is 0 Å². The minimum absolute atomic E-state index is 0.0915. The minimum atomic E-state index is -4.57. The van der Waals surface area contributed by atoms with Gasteiger partial charge >= 0.3 is 6.18 Å². The fourth-order valence-electron chi connectivity index (χ4n) is 3.97. The third-order valence-corrected chi connectivity index (χ3v) is 6.77. The van der Waals surface area contributed by atoms with Gasteiger partial charge in [0.15, 0.2) is 11.6 Å². The summed E-state index contributed by atoms with van der Waals surface area (Å²) in [5.74, 6) is 1.56. The molecule has 0 spiro atoms. The van der Waals surface area contributed by atoms with Gasteiger partial charge in [0.25, 0.3) is 0 Å². The topological polar surface area (TPSA) is 93.1 Å². The summed E-state index contributed by atoms with van der Waals surface area (Å²) in [5.41, 5.74) is -0.398. The van der Waals surface area contributed by atoms with Gasteiger partial charge in [-0.25, -0.2) is 9.97 Å². The van der Waals surface area contributed by atoms with Crippen molar-refractivity contribution in [2.75, 3.05) is 18.4 Å². The highest BCUT2D eigenvalue weighted by Gasteiger charge is 2.36. The van der Waals surface area contributed by atoms with Crippen LogP contribution >= 0.6 is 11.5 Å². The highest BCUT2D eigenvalue weighted by atomic mass is 32.1. The smallest absolute Gasteiger partial charge is 0.418 e. The molecule has 1 N–H and O–H groups in total. The molecule has 0 bridgehead atoms. The van der Waals surface area contributed by atoms with Crippen molar-refractivity contribution >= 4 is 28.4 Å². The first-order valence-corrected chi connectivity index (χ1v) is 12.1. The van der Waals surface area contributed by atoms with Gasteiger partial charge in [-0.1, -0.05) is 0 Å². The van der Waals surface area contributed by atoms with Crippen molar-refractivity contribution in [3.05, 3.63) is 47.7 Å². The molecule has 0 unspecified atom stereocenters. The summed E-state index contributed by atoms with van der Waals surface area (Å²) in [6.45, 7) is 3.07. The summed E-state index contributed by atoms with van der Waals surface area (Å²) in [7, 11) is 0. The number of carbonyl (C=O) groups is 1. The third kappa shape index (κ3) is 5.37. The molecule has 1 amide bonds. The van der Waals surface area contributed by atoms with Crippen LogP contribution in [0, 0.1) is 12.8 Å². The number of ether oxygens (including phenoxy) is 1. The maximum absolute atomic E-state index is 13.3. The quantitative estimate of drug-likeness (QED) is 0.486. The van der Waals surface area contributed by atoms with E-state index in [9.17, 15) is 18.0 Å². The molecule has 35 heavy (non-hydrogen) atoms. The normalized spacial score (nSPS) is 16.9. The largest absolute Gasteiger partial charge is 0.452 e. The van der Waals surface area contributed by atoms with Crippen LogP contribution in [-0.2, 0) is 11.0 Å². The number of amides is 1. The maximum atomic E-state index is 13.3. The van der Waals surface area contributed by atoms with Gasteiger partial charge in [0, 0.05) is 48.9 Å². The Morgan fingerprint density at radius 1 is 1.17 bits per heavy atom. The molecule has 0 atom stereocenters. The van der Waals surface area contributed by atoms with Gasteiger partial charge in [-0.15, -0.1) is 0 Å². The molecule has 1 saturated carbocycles. The van der Waals surface area contributed by atoms with Crippen molar-refractivity contribution < 1.29 is 22.7 Å². The van der Waals surface area contributed by atoms with Crippen LogP contribution in [0.5, 0.6) is 11.5 Å². The molecule has 12 heteroatoms. The molecule has 1 aliphatic carbocycles. The summed E-state index contributed by atoms with van der Waals surface area (Å²) in [4.78, 5) is 26.8. The van der Waals surface area contributed by atoms with E-state index < -0.39 is 11.7 Å². The summed E-state index contributed by atoms with van der Waals surface area (Å²) < 4.78 is 50.1. The number of aromatic nitrogens is 4. The van der Waals surface area contributed by atoms with Crippen molar-refractivity contribution in [3.63, 3.8) is 0 Å². The second-order valence-corrected chi connectivity index (χ2v) is 9.47. The molecule has 1 aliphatic heterocycles. The molecular weight excluding hydrogens is 481 g/mol. The number of nitrogens with zero attached hydrogens (tertiary/aromatic N) is 5. The lowest BCUT2D eigenvalue weighted by Gasteiger charge is -2.30. The highest BCUT2D eigenvalue weighted by molar-refractivity contribution is 7.09. The Labute approximate surface area is 203 Å². The van der Waals surface area contributed by atoms with E-state index in [1.165, 1.54) is 0 Å². The SMILES string of the molecule is Cc1ncccc1Oc1cc(C(F)(F)F)cnc1Nc1nc(C2CCN(C(=O)C3CC3)CC2)ns1. The number of pyridine rings is 2. The lowest BCUT2D eigenvalue weighted by molar-refractivity contribution is -0.138. The van der Waals surface area contributed by atoms with Crippen molar-refractivity contribution in [3.8, 4) is 11.5 Å². The number of aryl methyl sites for hydroxylation is 1. The zero-order valence-electron chi connectivity index (χ0n) is 18.9. The molecule has 2 fully saturated rings. The summed E-state index contributed by atoms with van der Waals surface area (Å²) >= 11 is 1.11. The van der Waals surface area contributed by atoms with Gasteiger partial charge in [0.05, 0.1) is 11.3 Å². The number of piperidine rings is 1. The van der Waals surface area contributed by atoms with Crippen molar-refractivity contribution in [2.24, 2.45) is 5.92 Å². The van der Waals surface area contributed by atoms with Gasteiger partial charge in [0.2, 0.25) is 11.0 Å². The summed E-state index contributed by atoms with van der Waals surface area (Å²) in [6.07, 6.45) is 1.29. The molecule has 3 aromatic heterocycles. The number of carbonyl (C=O) groups excluding carboxylic acids is 1. The average Bonchev–Trinajstić information content (AvgIpc) is 3.59. The van der Waals surface area contributed by atoms with E-state index in [-0.39, 0.29) is 29.3 Å². The number of anilines is 2. The number of halogens is 3. The zero-order chi connectivity index (χ0) is 24.6. The monoisotopic (exact) mass is 504 g/mol. The Morgan fingerprint density at radius 3 is 2.63 bits per heavy atom. The molecule has 3 aromatic rings. The first-order chi connectivity index (χ1) is 16.8. The molecule has 184 valence electrons. The van der Waals surface area contributed by atoms with E-state index in [0.717, 1.165) is 49.5 Å². The Bertz CT molecular complexity index is 1220. The predicted octanol–water partition coefficient (Wildman–Crippen LogP) is 5.31. The van der Waals surface area contributed by atoms with Crippen molar-refractivity contribution in [2.45, 2.75) is 44.7 Å². The lowest BCUT2D eigenvalue weighted by atomic mass is 9.96. The molecule has 0 aromatic carbocycles. The third-order valence-electron chi connectivity index (χ3n) is 6.12. The predicted molar refractivity (Wildman–Crippen MR) is 123 cm³/mol. The van der Waals surface area contributed by atoms with E-state index in [4.69, 9.17) is 4.74 Å². The number of hydrogen-bond acceptors (Lipinski definition) is 8. The van der Waals surface area contributed by atoms with Gasteiger partial charge in [-0.2, -0.15) is 17.5 Å². The molecule has 2 aliphatic rings. The van der Waals surface area contributed by atoms with E-state index in [2.05, 4.69) is 24.6 Å². The second kappa shape index (κ2) is 9.40. The Morgan fingerprint density at radius 2 is 1.94 bits per heavy atom. The van der Waals surface area contributed by atoms with Gasteiger partial charge in [-0.05, 0) is 50.8 Å². The molecular formula is C23H23F3N6O2S. The highest BCUT2D eigenvalue weighted by Crippen LogP contribution is 2.38. The van der Waals surface area contributed by atoms with Crippen LogP contribution in [0.4, 0.5) is 24.1 Å². The van der Waals surface area contributed by atoms with Crippen LogP contribution in [0.1, 0.15) is 48.7 Å². The number of rotatable bonds is 6. The molecule has 1 saturated heterocycles. The van der Waals surface area contributed by atoms with Crippen LogP contribution in [-0.4, -0.2) is 43.2 Å². The van der Waals surface area contributed by atoms with Crippen LogP contribution in [0.2, 0.25) is 0 Å². The Kier molecular flexibility index (Phi) is 6.30. The first kappa shape index (κ1) is 23.5. The van der Waals surface area contributed by atoms with Crippen LogP contribution < -0.4 is 10.1 Å². The summed E-state index contributed by atoms with van der Waals surface area (Å²) in [5, 5.41) is 3.36. The molecule has 5 rings (SSSR count). The van der Waals surface area contributed by atoms with Gasteiger partial charge < -0.3 is 15.0 Å². The van der Waals surface area contributed by atoms with Crippen molar-refractivity contribution in [1.29, 1.82) is 0 Å². The van der Waals surface area contributed by atoms with Crippen LogP contribution in [0.15, 0.2) is 30.6 Å². The van der Waals surface area contributed by atoms with E-state index in [1.807, 2.05) is 4.90 Å². The van der Waals surface area contributed by atoms with Crippen LogP contribution in [0.25, 0.3) is 0 Å². The average molecular weight is 505 g/mol. The summed E-state index contributed by atoms with van der Waals surface area (Å²) in [6, 6.07) is 4.16. The van der Waals surface area contributed by atoms with Gasteiger partial charge in [0.1, 0.15) is 11.6 Å². The van der Waals surface area contributed by atoms with Gasteiger partial charge in [-0.3, -0.25) is 9.78 Å². The van der Waals surface area contributed by atoms with E-state index in [0.29, 0.717) is 35.5 Å². The standard InChI is InChI=1S/C23H23F3N6O2S/c1-13-17(3-2-8-27-13)34-18-11-16(23(24,25)26)12-28-20(18)30-22-29-19(31-35-22)14-6-9-32(10-7-14)21(33)15-4-5-15/h2-3,8,11-12,14-15H,4-7,9-10H2,1H3,(H,28,29,30,31). The Hall–Kier alpha value is -3.28. The lowest BCUT2D eigenvalue weighted by Crippen LogP contribution is -2.38. The fraction of sp³-hybridized carbons (Fsp3) is 0.435. The first-order valence-electron chi connectivity index (χ1n) is 11.3. The number of hydrogen-bond donors (Lipinski definition) is 1. The second-order valence-electron chi connectivity index (χ2n) is 8.71. The van der Waals surface area contributed by atoms with Crippen molar-refractivity contribution in [1.82, 2.24) is 24.2 Å². The number of likely N-dealkylation sites (tertiary alicyclic amines) is 1. The molecule has 8 nitrogen and oxygen atoms in total. The maximum Gasteiger partial charge on any atom is 0.418 e. The minimum Gasteiger partial charge on any atom is -0.452 e. The molecule has 4 heterocycles. The fourth-order valence-corrected chi connectivity index (χ4v) is 4.61. The van der Waals surface area contributed by atoms with E-state index in [1.54, 1.807) is 25.3 Å². The number of alkyl halides is 3. The molecule has 0 radical (unpaired) electrons. The number of nitrogens with one attached hydrogen (secondary N) is 1. The Balaban J connectivity index is 1.32. The van der Waals surface area contributed by atoms with E-state index >= 15 is 0 Å².